The Hall–Kier alpha value is -2.20. The summed E-state index contributed by atoms with van der Waals surface area (Å²) in [6.45, 7) is 0.440. The number of hydrogen-bond acceptors (Lipinski definition) is 3. The van der Waals surface area contributed by atoms with Crippen LogP contribution in [0.15, 0.2) is 60.7 Å². The van der Waals surface area contributed by atoms with Gasteiger partial charge in [-0.2, -0.15) is 5.26 Å². The minimum absolute atomic E-state index is 0.405. The van der Waals surface area contributed by atoms with Gasteiger partial charge < -0.3 is 9.47 Å². The van der Waals surface area contributed by atoms with Gasteiger partial charge in [0.05, 0.1) is 32.4 Å². The first-order chi connectivity index (χ1) is 14.0. The first-order valence-corrected chi connectivity index (χ1v) is 10.5. The molecule has 0 heterocycles. The predicted octanol–water partition coefficient (Wildman–Crippen LogP) is 7.25. The zero-order valence-electron chi connectivity index (χ0n) is 15.5. The quantitative estimate of drug-likeness (QED) is 0.190. The standard InChI is InChI=1S/C23H16Cl2INO2/c1-28-22-11-16(9-18(13-27)17-7-8-19(24)20(25)12-17)10-21(26)23(22)29-14-15-5-3-2-4-6-15/h2-12H,14H2,1H3/b18-9-. The number of halogens is 3. The van der Waals surface area contributed by atoms with E-state index >= 15 is 0 Å². The minimum atomic E-state index is 0.405. The van der Waals surface area contributed by atoms with Crippen LogP contribution in [0.1, 0.15) is 16.7 Å². The zero-order valence-corrected chi connectivity index (χ0v) is 19.1. The fraction of sp³-hybridized carbons (Fsp3) is 0.0870. The van der Waals surface area contributed by atoms with Gasteiger partial charge in [-0.1, -0.05) is 59.6 Å². The molecule has 3 rings (SSSR count). The number of rotatable bonds is 6. The van der Waals surface area contributed by atoms with E-state index in [0.29, 0.717) is 39.3 Å². The smallest absolute Gasteiger partial charge is 0.174 e. The molecular weight excluding hydrogens is 520 g/mol. The Labute approximate surface area is 193 Å². The van der Waals surface area contributed by atoms with Gasteiger partial charge in [-0.15, -0.1) is 0 Å². The van der Waals surface area contributed by atoms with Gasteiger partial charge in [-0.05, 0) is 69.6 Å². The molecule has 3 aromatic rings. The lowest BCUT2D eigenvalue weighted by Crippen LogP contribution is -2.00. The van der Waals surface area contributed by atoms with Crippen molar-refractivity contribution in [1.82, 2.24) is 0 Å². The molecule has 0 amide bonds. The van der Waals surface area contributed by atoms with Gasteiger partial charge in [0.2, 0.25) is 0 Å². The second-order valence-electron chi connectivity index (χ2n) is 6.11. The van der Waals surface area contributed by atoms with E-state index in [4.69, 9.17) is 32.7 Å². The Morgan fingerprint density at radius 1 is 1.07 bits per heavy atom. The Morgan fingerprint density at radius 2 is 1.83 bits per heavy atom. The van der Waals surface area contributed by atoms with Crippen molar-refractivity contribution in [2.24, 2.45) is 0 Å². The first kappa shape index (κ1) is 21.5. The molecule has 0 saturated carbocycles. The third-order valence-corrected chi connectivity index (χ3v) is 5.68. The highest BCUT2D eigenvalue weighted by Crippen LogP contribution is 2.36. The van der Waals surface area contributed by atoms with Crippen LogP contribution in [0.25, 0.3) is 11.6 Å². The van der Waals surface area contributed by atoms with Gasteiger partial charge in [0.15, 0.2) is 11.5 Å². The number of allylic oxidation sites excluding steroid dienone is 1. The average Bonchev–Trinajstić information content (AvgIpc) is 2.73. The van der Waals surface area contributed by atoms with E-state index in [1.54, 1.807) is 31.4 Å². The van der Waals surface area contributed by atoms with E-state index < -0.39 is 0 Å². The van der Waals surface area contributed by atoms with Crippen LogP contribution in [0.3, 0.4) is 0 Å². The maximum Gasteiger partial charge on any atom is 0.174 e. The molecule has 0 aliphatic heterocycles. The molecular formula is C23H16Cl2INO2. The predicted molar refractivity (Wildman–Crippen MR) is 126 cm³/mol. The Kier molecular flexibility index (Phi) is 7.43. The molecule has 0 fully saturated rings. The fourth-order valence-corrected chi connectivity index (χ4v) is 3.78. The normalized spacial score (nSPS) is 11.1. The summed E-state index contributed by atoms with van der Waals surface area (Å²) in [6.07, 6.45) is 1.78. The van der Waals surface area contributed by atoms with E-state index in [1.165, 1.54) is 0 Å². The van der Waals surface area contributed by atoms with Crippen molar-refractivity contribution in [3.8, 4) is 17.6 Å². The minimum Gasteiger partial charge on any atom is -0.493 e. The number of nitrogens with zero attached hydrogens (tertiary/aromatic N) is 1. The lowest BCUT2D eigenvalue weighted by Gasteiger charge is -2.14. The van der Waals surface area contributed by atoms with Gasteiger partial charge in [-0.3, -0.25) is 0 Å². The van der Waals surface area contributed by atoms with Crippen LogP contribution in [0.5, 0.6) is 11.5 Å². The monoisotopic (exact) mass is 535 g/mol. The molecule has 6 heteroatoms. The van der Waals surface area contributed by atoms with E-state index in [-0.39, 0.29) is 0 Å². The number of methoxy groups -OCH3 is 1. The molecule has 3 aromatic carbocycles. The van der Waals surface area contributed by atoms with E-state index in [1.807, 2.05) is 42.5 Å². The summed E-state index contributed by atoms with van der Waals surface area (Å²) >= 11 is 14.3. The highest BCUT2D eigenvalue weighted by atomic mass is 127. The second-order valence-corrected chi connectivity index (χ2v) is 8.08. The molecule has 146 valence electrons. The average molecular weight is 536 g/mol. The SMILES string of the molecule is COc1cc(/C=C(/C#N)c2ccc(Cl)c(Cl)c2)cc(I)c1OCc1ccccc1. The molecule has 0 bridgehead atoms. The number of hydrogen-bond donors (Lipinski definition) is 0. The molecule has 29 heavy (non-hydrogen) atoms. The van der Waals surface area contributed by atoms with Gasteiger partial charge >= 0.3 is 0 Å². The van der Waals surface area contributed by atoms with Crippen LogP contribution in [0.4, 0.5) is 0 Å². The summed E-state index contributed by atoms with van der Waals surface area (Å²) in [5, 5.41) is 10.5. The van der Waals surface area contributed by atoms with Crippen LogP contribution in [-0.4, -0.2) is 7.11 Å². The van der Waals surface area contributed by atoms with Crippen LogP contribution in [0, 0.1) is 14.9 Å². The maximum absolute atomic E-state index is 9.61. The van der Waals surface area contributed by atoms with Crippen LogP contribution >= 0.6 is 45.8 Å². The summed E-state index contributed by atoms with van der Waals surface area (Å²) in [5.41, 5.74) is 3.06. The maximum atomic E-state index is 9.61. The van der Waals surface area contributed by atoms with Crippen LogP contribution < -0.4 is 9.47 Å². The lowest BCUT2D eigenvalue weighted by molar-refractivity contribution is 0.282. The summed E-state index contributed by atoms with van der Waals surface area (Å²) in [6, 6.07) is 21.1. The van der Waals surface area contributed by atoms with Crippen molar-refractivity contribution in [2.75, 3.05) is 7.11 Å². The summed E-state index contributed by atoms with van der Waals surface area (Å²) in [5.74, 6) is 1.27. The molecule has 0 N–H and O–H groups in total. The summed E-state index contributed by atoms with van der Waals surface area (Å²) in [7, 11) is 1.60. The molecule has 0 spiro atoms. The summed E-state index contributed by atoms with van der Waals surface area (Å²) in [4.78, 5) is 0. The van der Waals surface area contributed by atoms with Crippen molar-refractivity contribution in [3.05, 3.63) is 91.0 Å². The van der Waals surface area contributed by atoms with Gasteiger partial charge in [0.25, 0.3) is 0 Å². The van der Waals surface area contributed by atoms with Crippen molar-refractivity contribution < 1.29 is 9.47 Å². The van der Waals surface area contributed by atoms with Gasteiger partial charge in [-0.25, -0.2) is 0 Å². The highest BCUT2D eigenvalue weighted by molar-refractivity contribution is 14.1. The van der Waals surface area contributed by atoms with E-state index in [9.17, 15) is 5.26 Å². The second kappa shape index (κ2) is 10.0. The highest BCUT2D eigenvalue weighted by Gasteiger charge is 2.13. The molecule has 0 aliphatic carbocycles. The molecule has 0 radical (unpaired) electrons. The molecule has 3 nitrogen and oxygen atoms in total. The molecule has 0 aromatic heterocycles. The topological polar surface area (TPSA) is 42.2 Å². The van der Waals surface area contributed by atoms with E-state index in [0.717, 1.165) is 14.7 Å². The largest absolute Gasteiger partial charge is 0.493 e. The lowest BCUT2D eigenvalue weighted by atomic mass is 10.0. The zero-order chi connectivity index (χ0) is 20.8. The van der Waals surface area contributed by atoms with Gasteiger partial charge in [0, 0.05) is 0 Å². The molecule has 0 atom stereocenters. The third kappa shape index (κ3) is 5.45. The number of nitriles is 1. The number of ether oxygens (including phenoxy) is 2. The van der Waals surface area contributed by atoms with Crippen LogP contribution in [0.2, 0.25) is 10.0 Å². The number of benzene rings is 3. The first-order valence-electron chi connectivity index (χ1n) is 8.63. The Bertz CT molecular complexity index is 1090. The molecule has 0 unspecified atom stereocenters. The Balaban J connectivity index is 1.91. The van der Waals surface area contributed by atoms with Gasteiger partial charge in [0.1, 0.15) is 6.61 Å². The van der Waals surface area contributed by atoms with Crippen molar-refractivity contribution >= 4 is 57.4 Å². The third-order valence-electron chi connectivity index (χ3n) is 4.14. The Morgan fingerprint density at radius 3 is 2.48 bits per heavy atom. The van der Waals surface area contributed by atoms with E-state index in [2.05, 4.69) is 28.7 Å². The van der Waals surface area contributed by atoms with Crippen molar-refractivity contribution in [1.29, 1.82) is 5.26 Å². The summed E-state index contributed by atoms with van der Waals surface area (Å²) < 4.78 is 12.4. The molecule has 0 aliphatic rings. The molecule has 0 saturated heterocycles. The van der Waals surface area contributed by atoms with Crippen molar-refractivity contribution in [2.45, 2.75) is 6.61 Å². The fourth-order valence-electron chi connectivity index (χ4n) is 2.70. The van der Waals surface area contributed by atoms with Crippen LogP contribution in [-0.2, 0) is 6.61 Å². The van der Waals surface area contributed by atoms with Crippen molar-refractivity contribution in [3.63, 3.8) is 0 Å².